The number of nitrogens with zero attached hydrogens (tertiary/aromatic N) is 3. The third-order valence-corrected chi connectivity index (χ3v) is 4.92. The molecule has 3 rings (SSSR count). The van der Waals surface area contributed by atoms with E-state index in [1.54, 1.807) is 26.0 Å². The first-order valence-corrected chi connectivity index (χ1v) is 8.22. The molecule has 2 aromatic rings. The van der Waals surface area contributed by atoms with Gasteiger partial charge in [0.25, 0.3) is 0 Å². The van der Waals surface area contributed by atoms with Gasteiger partial charge in [0.05, 0.1) is 11.6 Å². The zero-order valence-corrected chi connectivity index (χ0v) is 12.8. The topological polar surface area (TPSA) is 106 Å². The van der Waals surface area contributed by atoms with Crippen LogP contribution in [0.5, 0.6) is 0 Å². The van der Waals surface area contributed by atoms with Crippen molar-refractivity contribution in [2.45, 2.75) is 31.6 Å². The van der Waals surface area contributed by atoms with Crippen LogP contribution in [0.2, 0.25) is 0 Å². The van der Waals surface area contributed by atoms with Crippen LogP contribution in [0.25, 0.3) is 11.0 Å². The highest BCUT2D eigenvalue weighted by Crippen LogP contribution is 2.27. The van der Waals surface area contributed by atoms with Crippen LogP contribution in [0, 0.1) is 11.3 Å². The molecule has 22 heavy (non-hydrogen) atoms. The second kappa shape index (κ2) is 4.81. The highest BCUT2D eigenvalue weighted by Gasteiger charge is 2.36. The summed E-state index contributed by atoms with van der Waals surface area (Å²) in [4.78, 5) is 5.11. The lowest BCUT2D eigenvalue weighted by molar-refractivity contribution is 0.0123. The van der Waals surface area contributed by atoms with Gasteiger partial charge in [-0.25, -0.2) is 8.42 Å². The molecule has 1 aliphatic rings. The largest absolute Gasteiger partial charge is 0.389 e. The maximum absolute atomic E-state index is 12.4. The number of fused-ring (bicyclic) bond motifs is 1. The first kappa shape index (κ1) is 14.5. The Morgan fingerprint density at radius 3 is 2.82 bits per heavy atom. The Balaban J connectivity index is 1.92. The number of rotatable bonds is 2. The molecule has 0 N–H and O–H groups in total. The quantitative estimate of drug-likeness (QED) is 0.839. The standard InChI is InChI=1S/C14H13N3O4S/c1-14(2)6-13(17-21-14)22(18,19)8-11-10-4-3-9(7-15)5-12(10)20-16-11/h3-5H,6,8H2,1-2H3. The van der Waals surface area contributed by atoms with Crippen LogP contribution in [-0.2, 0) is 20.4 Å². The van der Waals surface area contributed by atoms with E-state index in [9.17, 15) is 8.42 Å². The van der Waals surface area contributed by atoms with Crippen molar-refractivity contribution in [3.05, 3.63) is 29.5 Å². The summed E-state index contributed by atoms with van der Waals surface area (Å²) in [6, 6.07) is 6.74. The van der Waals surface area contributed by atoms with Crippen LogP contribution < -0.4 is 0 Å². The van der Waals surface area contributed by atoms with Crippen molar-refractivity contribution in [1.82, 2.24) is 5.16 Å². The summed E-state index contributed by atoms with van der Waals surface area (Å²) < 4.78 is 29.9. The predicted octanol–water partition coefficient (Wildman–Crippen LogP) is 2.13. The molecule has 0 spiro atoms. The molecular weight excluding hydrogens is 306 g/mol. The van der Waals surface area contributed by atoms with Crippen LogP contribution in [-0.4, -0.2) is 24.2 Å². The number of hydrogen-bond donors (Lipinski definition) is 0. The highest BCUT2D eigenvalue weighted by atomic mass is 32.2. The van der Waals surface area contributed by atoms with E-state index in [4.69, 9.17) is 14.6 Å². The lowest BCUT2D eigenvalue weighted by Gasteiger charge is -2.13. The van der Waals surface area contributed by atoms with Crippen LogP contribution >= 0.6 is 0 Å². The van der Waals surface area contributed by atoms with Crippen LogP contribution in [0.4, 0.5) is 0 Å². The zero-order valence-electron chi connectivity index (χ0n) is 12.0. The number of nitriles is 1. The minimum Gasteiger partial charge on any atom is -0.389 e. The molecule has 0 radical (unpaired) electrons. The van der Waals surface area contributed by atoms with Crippen molar-refractivity contribution in [2.75, 3.05) is 0 Å². The van der Waals surface area contributed by atoms with E-state index < -0.39 is 15.4 Å². The van der Waals surface area contributed by atoms with Crippen molar-refractivity contribution in [1.29, 1.82) is 5.26 Å². The fourth-order valence-electron chi connectivity index (χ4n) is 2.20. The normalized spacial score (nSPS) is 17.0. The van der Waals surface area contributed by atoms with Gasteiger partial charge in [-0.3, -0.25) is 0 Å². The summed E-state index contributed by atoms with van der Waals surface area (Å²) in [5, 5.41) is 16.9. The molecule has 8 heteroatoms. The molecule has 0 aliphatic carbocycles. The van der Waals surface area contributed by atoms with Gasteiger partial charge in [-0.1, -0.05) is 10.3 Å². The lowest BCUT2D eigenvalue weighted by Crippen LogP contribution is -2.23. The lowest BCUT2D eigenvalue weighted by atomic mass is 10.1. The first-order valence-electron chi connectivity index (χ1n) is 6.57. The maximum Gasteiger partial charge on any atom is 0.200 e. The molecule has 0 amide bonds. The first-order chi connectivity index (χ1) is 10.3. The molecular formula is C14H13N3O4S. The van der Waals surface area contributed by atoms with Crippen molar-refractivity contribution < 1.29 is 17.8 Å². The molecule has 0 bridgehead atoms. The van der Waals surface area contributed by atoms with Gasteiger partial charge >= 0.3 is 0 Å². The van der Waals surface area contributed by atoms with E-state index in [2.05, 4.69) is 10.3 Å². The number of hydrogen-bond acceptors (Lipinski definition) is 7. The Hall–Kier alpha value is -2.40. The van der Waals surface area contributed by atoms with Gasteiger partial charge in [0, 0.05) is 17.9 Å². The molecule has 1 aromatic heterocycles. The summed E-state index contributed by atoms with van der Waals surface area (Å²) in [5.74, 6) is -0.315. The molecule has 114 valence electrons. The smallest absolute Gasteiger partial charge is 0.200 e. The van der Waals surface area contributed by atoms with Gasteiger partial charge < -0.3 is 9.36 Å². The number of oxime groups is 1. The van der Waals surface area contributed by atoms with E-state index in [0.717, 1.165) is 0 Å². The molecule has 2 heterocycles. The Morgan fingerprint density at radius 2 is 2.18 bits per heavy atom. The minimum atomic E-state index is -3.62. The van der Waals surface area contributed by atoms with Crippen LogP contribution in [0.1, 0.15) is 31.5 Å². The Kier molecular flexibility index (Phi) is 3.18. The summed E-state index contributed by atoms with van der Waals surface area (Å²) in [5.41, 5.74) is 0.491. The molecule has 0 fully saturated rings. The van der Waals surface area contributed by atoms with E-state index in [0.29, 0.717) is 22.2 Å². The summed E-state index contributed by atoms with van der Waals surface area (Å²) in [6.45, 7) is 3.54. The summed E-state index contributed by atoms with van der Waals surface area (Å²) >= 11 is 0. The maximum atomic E-state index is 12.4. The average molecular weight is 319 g/mol. The zero-order chi connectivity index (χ0) is 16.0. The minimum absolute atomic E-state index is 0.0160. The molecule has 1 aliphatic heterocycles. The summed E-state index contributed by atoms with van der Waals surface area (Å²) in [6.07, 6.45) is 0.226. The molecule has 0 atom stereocenters. The second-order valence-electron chi connectivity index (χ2n) is 5.72. The van der Waals surface area contributed by atoms with Gasteiger partial charge in [-0.15, -0.1) is 0 Å². The van der Waals surface area contributed by atoms with Gasteiger partial charge in [-0.05, 0) is 26.0 Å². The number of sulfone groups is 1. The highest BCUT2D eigenvalue weighted by molar-refractivity contribution is 8.05. The van der Waals surface area contributed by atoms with E-state index >= 15 is 0 Å². The van der Waals surface area contributed by atoms with E-state index in [1.165, 1.54) is 6.07 Å². The van der Waals surface area contributed by atoms with Crippen molar-refractivity contribution in [2.24, 2.45) is 5.16 Å². The number of aromatic nitrogens is 1. The van der Waals surface area contributed by atoms with Crippen molar-refractivity contribution in [3.8, 4) is 6.07 Å². The summed E-state index contributed by atoms with van der Waals surface area (Å²) in [7, 11) is -3.62. The van der Waals surface area contributed by atoms with Crippen molar-refractivity contribution in [3.63, 3.8) is 0 Å². The molecule has 1 aromatic carbocycles. The molecule has 0 saturated heterocycles. The van der Waals surface area contributed by atoms with Crippen LogP contribution in [0.15, 0.2) is 27.9 Å². The van der Waals surface area contributed by atoms with E-state index in [1.807, 2.05) is 6.07 Å². The Morgan fingerprint density at radius 1 is 1.41 bits per heavy atom. The van der Waals surface area contributed by atoms with Gasteiger partial charge in [0.15, 0.2) is 10.6 Å². The van der Waals surface area contributed by atoms with Crippen LogP contribution in [0.3, 0.4) is 0 Å². The Bertz CT molecular complexity index is 919. The van der Waals surface area contributed by atoms with Gasteiger partial charge in [-0.2, -0.15) is 5.26 Å². The van der Waals surface area contributed by atoms with Crippen molar-refractivity contribution >= 4 is 25.9 Å². The van der Waals surface area contributed by atoms with Gasteiger partial charge in [0.2, 0.25) is 9.84 Å². The molecule has 0 saturated carbocycles. The van der Waals surface area contributed by atoms with E-state index in [-0.39, 0.29) is 17.2 Å². The monoisotopic (exact) mass is 319 g/mol. The second-order valence-corrected chi connectivity index (χ2v) is 7.71. The predicted molar refractivity (Wildman–Crippen MR) is 78.6 cm³/mol. The van der Waals surface area contributed by atoms with Gasteiger partial charge in [0.1, 0.15) is 17.0 Å². The third-order valence-electron chi connectivity index (χ3n) is 3.33. The molecule has 7 nitrogen and oxygen atoms in total. The molecule has 0 unspecified atom stereocenters. The Labute approximate surface area is 127 Å². The third kappa shape index (κ3) is 2.55. The number of benzene rings is 1. The SMILES string of the molecule is CC1(C)CC(S(=O)(=O)Cc2noc3cc(C#N)ccc23)=NO1. The average Bonchev–Trinajstić information content (AvgIpc) is 3.02. The fourth-order valence-corrected chi connectivity index (χ4v) is 3.65. The fraction of sp³-hybridized carbons (Fsp3) is 0.357.